The quantitative estimate of drug-likeness (QED) is 0.447. The van der Waals surface area contributed by atoms with Gasteiger partial charge in [0.25, 0.3) is 0 Å². The second-order valence-corrected chi connectivity index (χ2v) is 3.05. The summed E-state index contributed by atoms with van der Waals surface area (Å²) < 4.78 is 0. The molecule has 2 amide bonds. The third-order valence-electron chi connectivity index (χ3n) is 2.01. The number of hydrogen-bond acceptors (Lipinski definition) is 4. The Kier molecular flexibility index (Phi) is 5.84. The first kappa shape index (κ1) is 13.8. The highest BCUT2D eigenvalue weighted by molar-refractivity contribution is 6.18. The molecule has 7 heteroatoms. The molecule has 0 radical (unpaired) electrons. The van der Waals surface area contributed by atoms with Crippen LogP contribution < -0.4 is 10.2 Å². The third kappa shape index (κ3) is 3.47. The molecule has 0 aliphatic carbocycles. The first-order valence-corrected chi connectivity index (χ1v) is 5.04. The number of nitrogens with zero attached hydrogens (tertiary/aromatic N) is 2. The van der Waals surface area contributed by atoms with Crippen LogP contribution in [-0.4, -0.2) is 47.1 Å². The molecule has 0 N–H and O–H groups in total. The molecule has 0 rings (SSSR count). The van der Waals surface area contributed by atoms with Gasteiger partial charge in [-0.3, -0.25) is 0 Å². The lowest BCUT2D eigenvalue weighted by molar-refractivity contribution is -0.280. The fourth-order valence-electron chi connectivity index (χ4n) is 1.26. The molecule has 0 heterocycles. The highest BCUT2D eigenvalue weighted by atomic mass is 35.5. The summed E-state index contributed by atoms with van der Waals surface area (Å²) in [7, 11) is 0. The van der Waals surface area contributed by atoms with Crippen molar-refractivity contribution in [1.29, 1.82) is 0 Å². The molecule has 0 aromatic rings. The van der Waals surface area contributed by atoms with Crippen molar-refractivity contribution in [3.8, 4) is 0 Å². The summed E-state index contributed by atoms with van der Waals surface area (Å²) in [5.74, 6) is -0.163. The Balaban J connectivity index is 4.84. The number of carbonyl (C=O) groups is 2. The summed E-state index contributed by atoms with van der Waals surface area (Å²) in [4.78, 5) is 23.1. The Labute approximate surface area is 93.0 Å². The van der Waals surface area contributed by atoms with Gasteiger partial charge in [0.2, 0.25) is 0 Å². The van der Waals surface area contributed by atoms with Gasteiger partial charge in [-0.15, -0.1) is 11.6 Å². The maximum atomic E-state index is 10.7. The van der Waals surface area contributed by atoms with E-state index in [2.05, 4.69) is 0 Å². The Morgan fingerprint density at radius 3 is 1.60 bits per heavy atom. The average molecular weight is 237 g/mol. The van der Waals surface area contributed by atoms with Gasteiger partial charge in [-0.25, -0.2) is 0 Å². The van der Waals surface area contributed by atoms with E-state index >= 15 is 0 Å². The summed E-state index contributed by atoms with van der Waals surface area (Å²) in [6, 6.07) is 0. The Morgan fingerprint density at radius 2 is 1.47 bits per heavy atom. The summed E-state index contributed by atoms with van der Waals surface area (Å²) in [5.41, 5.74) is 0. The zero-order valence-corrected chi connectivity index (χ0v) is 9.36. The summed E-state index contributed by atoms with van der Waals surface area (Å²) in [5, 5.41) is 21.4. The predicted octanol–water partition coefficient (Wildman–Crippen LogP) is -1.12. The molecule has 0 aliphatic heterocycles. The number of rotatable bonds is 5. The minimum absolute atomic E-state index is 0.101. The van der Waals surface area contributed by atoms with Crippen LogP contribution in [-0.2, 0) is 0 Å². The Bertz CT molecular complexity index is 215. The number of carboxylic acid groups (broad SMARTS) is 2. The molecule has 15 heavy (non-hydrogen) atoms. The summed E-state index contributed by atoms with van der Waals surface area (Å²) in [6.07, 6.45) is -3.87. The van der Waals surface area contributed by atoms with E-state index in [1.165, 1.54) is 0 Å². The standard InChI is InChI=1S/C8H15ClN2O4/c1-3-10(7(12)13)6(5-9)11(4-2)8(14)15/h6H,3-5H2,1-2H3,(H,12,13)(H,14,15)/p-2. The molecule has 0 aromatic heterocycles. The first-order chi connectivity index (χ1) is 6.99. The fourth-order valence-corrected chi connectivity index (χ4v) is 1.59. The zero-order valence-electron chi connectivity index (χ0n) is 8.60. The van der Waals surface area contributed by atoms with Gasteiger partial charge in [0.1, 0.15) is 18.4 Å². The fraction of sp³-hybridized carbons (Fsp3) is 0.750. The van der Waals surface area contributed by atoms with Crippen LogP contribution in [0.15, 0.2) is 0 Å². The number of carbonyl (C=O) groups excluding carboxylic acids is 2. The van der Waals surface area contributed by atoms with E-state index in [1.54, 1.807) is 13.8 Å². The van der Waals surface area contributed by atoms with Gasteiger partial charge in [-0.2, -0.15) is 0 Å². The SMILES string of the molecule is CCN(C(=O)[O-])C(CCl)N(CC)C(=O)[O-]. The van der Waals surface area contributed by atoms with Crippen molar-refractivity contribution < 1.29 is 19.8 Å². The number of halogens is 1. The van der Waals surface area contributed by atoms with Crippen molar-refractivity contribution >= 4 is 23.8 Å². The van der Waals surface area contributed by atoms with Gasteiger partial charge < -0.3 is 29.6 Å². The largest absolute Gasteiger partial charge is 0.530 e. The van der Waals surface area contributed by atoms with Crippen molar-refractivity contribution in [2.45, 2.75) is 20.0 Å². The molecule has 0 saturated carbocycles. The lowest BCUT2D eigenvalue weighted by atomic mass is 10.4. The second kappa shape index (κ2) is 6.34. The van der Waals surface area contributed by atoms with Gasteiger partial charge in [0.15, 0.2) is 0 Å². The highest BCUT2D eigenvalue weighted by Crippen LogP contribution is 2.07. The molecule has 0 spiro atoms. The monoisotopic (exact) mass is 236 g/mol. The molecule has 0 unspecified atom stereocenters. The van der Waals surface area contributed by atoms with Crippen LogP contribution >= 0.6 is 11.6 Å². The van der Waals surface area contributed by atoms with Gasteiger partial charge in [-0.05, 0) is 13.8 Å². The maximum absolute atomic E-state index is 10.7. The van der Waals surface area contributed by atoms with Gasteiger partial charge >= 0.3 is 0 Å². The van der Waals surface area contributed by atoms with E-state index in [0.29, 0.717) is 0 Å². The van der Waals surface area contributed by atoms with E-state index in [1.807, 2.05) is 0 Å². The number of hydrogen-bond donors (Lipinski definition) is 0. The smallest absolute Gasteiger partial charge is 0.138 e. The molecular formula is C8H13ClN2O4-2. The first-order valence-electron chi connectivity index (χ1n) is 4.50. The molecule has 0 bridgehead atoms. The van der Waals surface area contributed by atoms with Crippen molar-refractivity contribution in [2.75, 3.05) is 19.0 Å². The molecule has 0 saturated heterocycles. The molecular weight excluding hydrogens is 224 g/mol. The van der Waals surface area contributed by atoms with E-state index in [0.717, 1.165) is 9.80 Å². The summed E-state index contributed by atoms with van der Waals surface area (Å²) in [6.45, 7) is 3.34. The molecule has 6 nitrogen and oxygen atoms in total. The normalized spacial score (nSPS) is 10.1. The molecule has 0 aromatic carbocycles. The zero-order chi connectivity index (χ0) is 12.0. The van der Waals surface area contributed by atoms with Crippen LogP contribution in [0.3, 0.4) is 0 Å². The summed E-state index contributed by atoms with van der Waals surface area (Å²) >= 11 is 5.54. The lowest BCUT2D eigenvalue weighted by Gasteiger charge is -2.40. The van der Waals surface area contributed by atoms with Gasteiger partial charge in [0.05, 0.1) is 5.88 Å². The minimum Gasteiger partial charge on any atom is -0.530 e. The van der Waals surface area contributed by atoms with Gasteiger partial charge in [-0.1, -0.05) is 0 Å². The van der Waals surface area contributed by atoms with Crippen molar-refractivity contribution in [1.82, 2.24) is 9.80 Å². The van der Waals surface area contributed by atoms with Crippen molar-refractivity contribution in [3.63, 3.8) is 0 Å². The average Bonchev–Trinajstić information content (AvgIpc) is 2.16. The molecule has 0 fully saturated rings. The molecule has 88 valence electrons. The minimum atomic E-state index is -1.46. The lowest BCUT2D eigenvalue weighted by Crippen LogP contribution is -2.59. The van der Waals surface area contributed by atoms with E-state index < -0.39 is 18.4 Å². The van der Waals surface area contributed by atoms with Crippen molar-refractivity contribution in [3.05, 3.63) is 0 Å². The van der Waals surface area contributed by atoms with E-state index in [9.17, 15) is 19.8 Å². The molecule has 0 atom stereocenters. The Hall–Kier alpha value is -1.17. The Morgan fingerprint density at radius 1 is 1.13 bits per heavy atom. The third-order valence-corrected chi connectivity index (χ3v) is 2.28. The van der Waals surface area contributed by atoms with Gasteiger partial charge in [0, 0.05) is 13.1 Å². The highest BCUT2D eigenvalue weighted by Gasteiger charge is 2.22. The van der Waals surface area contributed by atoms with Crippen LogP contribution in [0.25, 0.3) is 0 Å². The topological polar surface area (TPSA) is 86.7 Å². The van der Waals surface area contributed by atoms with Crippen LogP contribution in [0.1, 0.15) is 13.8 Å². The van der Waals surface area contributed by atoms with E-state index in [-0.39, 0.29) is 19.0 Å². The second-order valence-electron chi connectivity index (χ2n) is 2.74. The van der Waals surface area contributed by atoms with Crippen LogP contribution in [0, 0.1) is 0 Å². The van der Waals surface area contributed by atoms with E-state index in [4.69, 9.17) is 11.6 Å². The van der Waals surface area contributed by atoms with Crippen molar-refractivity contribution in [2.24, 2.45) is 0 Å². The number of amides is 2. The maximum Gasteiger partial charge on any atom is 0.138 e. The number of alkyl halides is 1. The predicted molar refractivity (Wildman–Crippen MR) is 50.1 cm³/mol. The van der Waals surface area contributed by atoms with Crippen LogP contribution in [0.4, 0.5) is 9.59 Å². The van der Waals surface area contributed by atoms with Crippen LogP contribution in [0.2, 0.25) is 0 Å². The van der Waals surface area contributed by atoms with Crippen LogP contribution in [0.5, 0.6) is 0 Å². The molecule has 0 aliphatic rings.